The summed E-state index contributed by atoms with van der Waals surface area (Å²) in [6, 6.07) is 0.0855. The molecule has 0 aromatic carbocycles. The second kappa shape index (κ2) is 7.20. The van der Waals surface area contributed by atoms with Gasteiger partial charge in [-0.05, 0) is 33.4 Å². The normalized spacial score (nSPS) is 17.8. The van der Waals surface area contributed by atoms with Gasteiger partial charge in [0, 0.05) is 18.2 Å². The molecule has 0 heterocycles. The molecule has 3 heteroatoms. The summed E-state index contributed by atoms with van der Waals surface area (Å²) in [5, 5.41) is 0. The van der Waals surface area contributed by atoms with Gasteiger partial charge < -0.3 is 10.5 Å². The van der Waals surface area contributed by atoms with Crippen molar-refractivity contribution in [2.45, 2.75) is 52.6 Å². The second-order valence-electron chi connectivity index (χ2n) is 4.15. The molecule has 0 saturated carbocycles. The molecule has 0 radical (unpaired) electrons. The first-order valence-corrected chi connectivity index (χ1v) is 6.15. The Morgan fingerprint density at radius 2 is 1.73 bits per heavy atom. The van der Waals surface area contributed by atoms with Gasteiger partial charge in [-0.25, -0.2) is 0 Å². The third-order valence-corrected chi connectivity index (χ3v) is 3.50. The molecule has 3 nitrogen and oxygen atoms in total. The number of nitrogens with zero attached hydrogens (tertiary/aromatic N) is 1. The number of likely N-dealkylation sites (N-methyl/N-ethyl adjacent to an activating group) is 1. The van der Waals surface area contributed by atoms with Crippen LogP contribution in [0.2, 0.25) is 0 Å². The highest BCUT2D eigenvalue weighted by atomic mass is 16.5. The van der Waals surface area contributed by atoms with E-state index in [9.17, 15) is 0 Å². The average Bonchev–Trinajstić information content (AvgIpc) is 2.26. The summed E-state index contributed by atoms with van der Waals surface area (Å²) in [5.41, 5.74) is 6.29. The van der Waals surface area contributed by atoms with Crippen LogP contribution >= 0.6 is 0 Å². The van der Waals surface area contributed by atoms with E-state index in [1.165, 1.54) is 0 Å². The molecule has 2 unspecified atom stereocenters. The fraction of sp³-hybridized carbons (Fsp3) is 1.00. The van der Waals surface area contributed by atoms with Gasteiger partial charge in [0.2, 0.25) is 0 Å². The van der Waals surface area contributed by atoms with Crippen LogP contribution in [0.25, 0.3) is 0 Å². The molecule has 0 aliphatic heterocycles. The maximum absolute atomic E-state index is 6.23. The SMILES string of the molecule is CCOCC(N)C(C)(CC)N(CC)CC. The average molecular weight is 216 g/mol. The minimum absolute atomic E-state index is 0.0542. The number of hydrogen-bond donors (Lipinski definition) is 1. The van der Waals surface area contributed by atoms with E-state index in [1.807, 2.05) is 6.92 Å². The van der Waals surface area contributed by atoms with Gasteiger partial charge in [-0.2, -0.15) is 0 Å². The lowest BCUT2D eigenvalue weighted by atomic mass is 9.88. The summed E-state index contributed by atoms with van der Waals surface area (Å²) in [4.78, 5) is 2.43. The predicted molar refractivity (Wildman–Crippen MR) is 66.1 cm³/mol. The lowest BCUT2D eigenvalue weighted by Gasteiger charge is -2.44. The standard InChI is InChI=1S/C12H28N2O/c1-6-12(5,14(7-2)8-3)11(13)10-15-9-4/h11H,6-10,13H2,1-5H3. The van der Waals surface area contributed by atoms with Crippen LogP contribution in [0.15, 0.2) is 0 Å². The van der Waals surface area contributed by atoms with Crippen LogP contribution in [0.4, 0.5) is 0 Å². The third kappa shape index (κ3) is 3.74. The molecular weight excluding hydrogens is 188 g/mol. The van der Waals surface area contributed by atoms with E-state index in [0.717, 1.165) is 26.1 Å². The summed E-state index contributed by atoms with van der Waals surface area (Å²) >= 11 is 0. The van der Waals surface area contributed by atoms with Crippen molar-refractivity contribution in [2.24, 2.45) is 5.73 Å². The van der Waals surface area contributed by atoms with Crippen LogP contribution in [0, 0.1) is 0 Å². The van der Waals surface area contributed by atoms with Gasteiger partial charge in [-0.1, -0.05) is 20.8 Å². The molecule has 0 amide bonds. The van der Waals surface area contributed by atoms with Crippen molar-refractivity contribution in [2.75, 3.05) is 26.3 Å². The first-order chi connectivity index (χ1) is 7.06. The summed E-state index contributed by atoms with van der Waals surface area (Å²) in [6.45, 7) is 14.3. The van der Waals surface area contributed by atoms with Crippen molar-refractivity contribution in [3.8, 4) is 0 Å². The predicted octanol–water partition coefficient (Wildman–Crippen LogP) is 1.86. The monoisotopic (exact) mass is 216 g/mol. The minimum atomic E-state index is 0.0542. The molecule has 0 aromatic rings. The Labute approximate surface area is 95.0 Å². The molecule has 0 aliphatic carbocycles. The molecule has 92 valence electrons. The van der Waals surface area contributed by atoms with Crippen molar-refractivity contribution in [1.82, 2.24) is 4.90 Å². The highest BCUT2D eigenvalue weighted by Gasteiger charge is 2.34. The van der Waals surface area contributed by atoms with Crippen LogP contribution in [0.5, 0.6) is 0 Å². The highest BCUT2D eigenvalue weighted by molar-refractivity contribution is 4.93. The fourth-order valence-electron chi connectivity index (χ4n) is 2.09. The molecule has 2 atom stereocenters. The first kappa shape index (κ1) is 14.9. The summed E-state index contributed by atoms with van der Waals surface area (Å²) in [6.07, 6.45) is 1.06. The van der Waals surface area contributed by atoms with Crippen LogP contribution < -0.4 is 5.73 Å². The van der Waals surface area contributed by atoms with Crippen molar-refractivity contribution in [3.63, 3.8) is 0 Å². The number of hydrogen-bond acceptors (Lipinski definition) is 3. The molecule has 0 saturated heterocycles. The third-order valence-electron chi connectivity index (χ3n) is 3.50. The van der Waals surface area contributed by atoms with E-state index in [4.69, 9.17) is 10.5 Å². The lowest BCUT2D eigenvalue weighted by Crippen LogP contribution is -2.59. The molecule has 0 aliphatic rings. The Morgan fingerprint density at radius 1 is 1.20 bits per heavy atom. The van der Waals surface area contributed by atoms with Gasteiger partial charge in [0.15, 0.2) is 0 Å². The van der Waals surface area contributed by atoms with Gasteiger partial charge in [-0.15, -0.1) is 0 Å². The van der Waals surface area contributed by atoms with Crippen LogP contribution in [0.1, 0.15) is 41.0 Å². The van der Waals surface area contributed by atoms with Crippen molar-refractivity contribution >= 4 is 0 Å². The highest BCUT2D eigenvalue weighted by Crippen LogP contribution is 2.22. The Balaban J connectivity index is 4.50. The van der Waals surface area contributed by atoms with Crippen LogP contribution in [0.3, 0.4) is 0 Å². The van der Waals surface area contributed by atoms with Gasteiger partial charge >= 0.3 is 0 Å². The molecule has 0 bridgehead atoms. The van der Waals surface area contributed by atoms with Crippen molar-refractivity contribution in [1.29, 1.82) is 0 Å². The molecule has 0 fully saturated rings. The maximum Gasteiger partial charge on any atom is 0.0635 e. The van der Waals surface area contributed by atoms with E-state index in [1.54, 1.807) is 0 Å². The smallest absolute Gasteiger partial charge is 0.0635 e. The first-order valence-electron chi connectivity index (χ1n) is 6.15. The Kier molecular flexibility index (Phi) is 7.14. The van der Waals surface area contributed by atoms with E-state index >= 15 is 0 Å². The molecule has 0 rings (SSSR count). The topological polar surface area (TPSA) is 38.5 Å². The quantitative estimate of drug-likeness (QED) is 0.673. The summed E-state index contributed by atoms with van der Waals surface area (Å²) < 4.78 is 5.43. The van der Waals surface area contributed by atoms with Gasteiger partial charge in [0.05, 0.1) is 6.61 Å². The van der Waals surface area contributed by atoms with Crippen molar-refractivity contribution < 1.29 is 4.74 Å². The summed E-state index contributed by atoms with van der Waals surface area (Å²) in [5.74, 6) is 0. The Morgan fingerprint density at radius 3 is 2.07 bits per heavy atom. The number of rotatable bonds is 8. The lowest BCUT2D eigenvalue weighted by molar-refractivity contribution is 0.0351. The molecular formula is C12H28N2O. The van der Waals surface area contributed by atoms with Crippen LogP contribution in [-0.4, -0.2) is 42.8 Å². The Hall–Kier alpha value is -0.120. The second-order valence-corrected chi connectivity index (χ2v) is 4.15. The largest absolute Gasteiger partial charge is 0.380 e. The molecule has 2 N–H and O–H groups in total. The van der Waals surface area contributed by atoms with E-state index in [2.05, 4.69) is 32.6 Å². The van der Waals surface area contributed by atoms with Gasteiger partial charge in [0.25, 0.3) is 0 Å². The van der Waals surface area contributed by atoms with E-state index in [-0.39, 0.29) is 11.6 Å². The maximum atomic E-state index is 6.23. The number of nitrogens with two attached hydrogens (primary N) is 1. The zero-order valence-electron chi connectivity index (χ0n) is 11.0. The zero-order valence-corrected chi connectivity index (χ0v) is 11.0. The van der Waals surface area contributed by atoms with Gasteiger partial charge in [0.1, 0.15) is 0 Å². The molecule has 0 spiro atoms. The zero-order chi connectivity index (χ0) is 11.9. The van der Waals surface area contributed by atoms with E-state index < -0.39 is 0 Å². The fourth-order valence-corrected chi connectivity index (χ4v) is 2.09. The van der Waals surface area contributed by atoms with E-state index in [0.29, 0.717) is 6.61 Å². The van der Waals surface area contributed by atoms with Crippen molar-refractivity contribution in [3.05, 3.63) is 0 Å². The molecule has 0 aromatic heterocycles. The minimum Gasteiger partial charge on any atom is -0.380 e. The van der Waals surface area contributed by atoms with Gasteiger partial charge in [-0.3, -0.25) is 4.90 Å². The Bertz CT molecular complexity index is 160. The molecule has 15 heavy (non-hydrogen) atoms. The van der Waals surface area contributed by atoms with Crippen LogP contribution in [-0.2, 0) is 4.74 Å². The summed E-state index contributed by atoms with van der Waals surface area (Å²) in [7, 11) is 0. The number of ether oxygens (including phenoxy) is 1.